The van der Waals surface area contributed by atoms with Gasteiger partial charge in [0.05, 0.1) is 5.57 Å². The van der Waals surface area contributed by atoms with E-state index in [0.717, 1.165) is 12.0 Å². The molecule has 0 saturated carbocycles. The first-order valence-electron chi connectivity index (χ1n) is 11.3. The molecule has 3 aliphatic rings. The molecule has 1 atom stereocenters. The predicted octanol–water partition coefficient (Wildman–Crippen LogP) is 4.44. The monoisotopic (exact) mass is 456 g/mol. The van der Waals surface area contributed by atoms with Crippen molar-refractivity contribution in [2.75, 3.05) is 10.2 Å². The Morgan fingerprint density at radius 1 is 1.15 bits per heavy atom. The third-order valence-electron chi connectivity index (χ3n) is 7.06. The lowest BCUT2D eigenvalue weighted by Gasteiger charge is -2.46. The molecule has 2 aliphatic heterocycles. The average molecular weight is 457 g/mol. The second kappa shape index (κ2) is 7.29. The first kappa shape index (κ1) is 21.9. The van der Waals surface area contributed by atoms with Crippen LogP contribution in [0.5, 0.6) is 0 Å². The van der Waals surface area contributed by atoms with Crippen molar-refractivity contribution in [2.24, 2.45) is 11.1 Å². The number of halogens is 1. The lowest BCUT2D eigenvalue weighted by atomic mass is 9.60. The van der Waals surface area contributed by atoms with E-state index in [1.807, 2.05) is 38.1 Å². The van der Waals surface area contributed by atoms with Crippen molar-refractivity contribution in [3.8, 4) is 6.07 Å². The van der Waals surface area contributed by atoms with Crippen molar-refractivity contribution in [1.29, 1.82) is 5.26 Å². The van der Waals surface area contributed by atoms with Crippen LogP contribution in [0, 0.1) is 22.6 Å². The number of Topliss-reactive ketones (excluding diaryl/α,β-unsaturated/α-hetero) is 1. The van der Waals surface area contributed by atoms with Crippen molar-refractivity contribution in [2.45, 2.75) is 45.4 Å². The molecule has 1 unspecified atom stereocenters. The molecule has 0 aromatic heterocycles. The van der Waals surface area contributed by atoms with Crippen LogP contribution in [0.3, 0.4) is 0 Å². The van der Waals surface area contributed by atoms with Gasteiger partial charge in [-0.1, -0.05) is 32.9 Å². The van der Waals surface area contributed by atoms with Crippen LogP contribution in [-0.2, 0) is 21.4 Å². The number of rotatable bonds is 2. The van der Waals surface area contributed by atoms with E-state index in [1.54, 1.807) is 4.90 Å². The lowest BCUT2D eigenvalue weighted by Crippen LogP contribution is -2.52. The first-order valence-corrected chi connectivity index (χ1v) is 11.3. The zero-order valence-corrected chi connectivity index (χ0v) is 19.3. The zero-order valence-electron chi connectivity index (χ0n) is 19.3. The van der Waals surface area contributed by atoms with Crippen LogP contribution in [0.4, 0.5) is 15.8 Å². The number of nitrogens with zero attached hydrogens (tertiary/aromatic N) is 2. The molecule has 0 bridgehead atoms. The number of amides is 1. The number of benzene rings is 2. The molecule has 5 rings (SSSR count). The number of anilines is 2. The molecule has 2 aromatic carbocycles. The number of allylic oxidation sites excluding steroid dienone is 1. The van der Waals surface area contributed by atoms with E-state index < -0.39 is 17.1 Å². The zero-order chi connectivity index (χ0) is 24.4. The summed E-state index contributed by atoms with van der Waals surface area (Å²) in [5.41, 5.74) is 7.66. The molecule has 172 valence electrons. The van der Waals surface area contributed by atoms with Gasteiger partial charge in [-0.05, 0) is 54.2 Å². The Bertz CT molecular complexity index is 1360. The largest absolute Gasteiger partial charge is 0.384 e. The Morgan fingerprint density at radius 3 is 2.50 bits per heavy atom. The minimum Gasteiger partial charge on any atom is -0.384 e. The van der Waals surface area contributed by atoms with Gasteiger partial charge in [-0.3, -0.25) is 14.5 Å². The number of aryl methyl sites for hydroxylation is 1. The minimum atomic E-state index is -1.78. The van der Waals surface area contributed by atoms with Crippen LogP contribution in [0.2, 0.25) is 0 Å². The molecule has 2 aromatic rings. The molecule has 0 radical (unpaired) electrons. The molecule has 1 spiro atoms. The van der Waals surface area contributed by atoms with Gasteiger partial charge in [0.15, 0.2) is 5.78 Å². The highest BCUT2D eigenvalue weighted by Gasteiger charge is 2.61. The average Bonchev–Trinajstić information content (AvgIpc) is 3.05. The van der Waals surface area contributed by atoms with Crippen molar-refractivity contribution < 1.29 is 14.0 Å². The summed E-state index contributed by atoms with van der Waals surface area (Å²) < 4.78 is 14.4. The van der Waals surface area contributed by atoms with E-state index >= 15 is 0 Å². The second-order valence-corrected chi connectivity index (χ2v) is 9.88. The highest BCUT2D eigenvalue weighted by atomic mass is 19.1. The molecule has 7 heteroatoms. The van der Waals surface area contributed by atoms with Gasteiger partial charge in [-0.15, -0.1) is 0 Å². The van der Waals surface area contributed by atoms with E-state index in [0.29, 0.717) is 23.5 Å². The standard InChI is InChI=1S/C27H25FN4O2/c1-4-15-5-8-17(9-6-15)32-21-12-26(2,3)13-22(33)23(21)27(19(14-29)24(32)30)18-11-16(28)7-10-20(18)31-25(27)34/h5-11H,4,12-13,30H2,1-3H3,(H,31,34). The maximum Gasteiger partial charge on any atom is 0.245 e. The molecule has 1 amide bonds. The summed E-state index contributed by atoms with van der Waals surface area (Å²) in [7, 11) is 0. The van der Waals surface area contributed by atoms with Gasteiger partial charge in [0.25, 0.3) is 0 Å². The van der Waals surface area contributed by atoms with Gasteiger partial charge in [0.2, 0.25) is 5.91 Å². The fraction of sp³-hybridized carbons (Fsp3) is 0.296. The number of ketones is 1. The number of fused-ring (bicyclic) bond motifs is 3. The summed E-state index contributed by atoms with van der Waals surface area (Å²) in [6, 6.07) is 13.8. The molecular weight excluding hydrogens is 431 g/mol. The molecule has 6 nitrogen and oxygen atoms in total. The third kappa shape index (κ3) is 2.84. The highest BCUT2D eigenvalue weighted by molar-refractivity contribution is 6.20. The molecule has 0 fully saturated rings. The number of carbonyl (C=O) groups excluding carboxylic acids is 2. The van der Waals surface area contributed by atoms with Gasteiger partial charge in [0.1, 0.15) is 23.1 Å². The van der Waals surface area contributed by atoms with Crippen LogP contribution < -0.4 is 16.0 Å². The number of hydrogen-bond donors (Lipinski definition) is 2. The third-order valence-corrected chi connectivity index (χ3v) is 7.06. The van der Waals surface area contributed by atoms with Crippen molar-refractivity contribution >= 4 is 23.1 Å². The van der Waals surface area contributed by atoms with Crippen molar-refractivity contribution in [3.05, 3.63) is 82.1 Å². The quantitative estimate of drug-likeness (QED) is 0.696. The number of nitrogens with two attached hydrogens (primary N) is 1. The number of nitriles is 1. The number of carbonyl (C=O) groups is 2. The molecule has 0 saturated heterocycles. The van der Waals surface area contributed by atoms with E-state index in [-0.39, 0.29) is 40.1 Å². The lowest BCUT2D eigenvalue weighted by molar-refractivity contribution is -0.123. The van der Waals surface area contributed by atoms with Gasteiger partial charge < -0.3 is 11.1 Å². The number of nitrogens with one attached hydrogen (secondary N) is 1. The Labute approximate surface area is 197 Å². The van der Waals surface area contributed by atoms with Gasteiger partial charge in [-0.2, -0.15) is 5.26 Å². The summed E-state index contributed by atoms with van der Waals surface area (Å²) in [4.78, 5) is 29.1. The molecule has 3 N–H and O–H groups in total. The van der Waals surface area contributed by atoms with Crippen LogP contribution in [0.25, 0.3) is 0 Å². The summed E-state index contributed by atoms with van der Waals surface area (Å²) in [6.07, 6.45) is 1.52. The van der Waals surface area contributed by atoms with Gasteiger partial charge in [0, 0.05) is 34.6 Å². The highest BCUT2D eigenvalue weighted by Crippen LogP contribution is 2.57. The SMILES string of the molecule is CCc1ccc(N2C(N)=C(C#N)C3(C(=O)Nc4ccc(F)cc43)C3=C2CC(C)(C)CC3=O)cc1. The Balaban J connectivity index is 1.87. The Morgan fingerprint density at radius 2 is 1.85 bits per heavy atom. The first-order chi connectivity index (χ1) is 16.1. The fourth-order valence-corrected chi connectivity index (χ4v) is 5.57. The van der Waals surface area contributed by atoms with Crippen molar-refractivity contribution in [3.63, 3.8) is 0 Å². The van der Waals surface area contributed by atoms with E-state index in [1.165, 1.54) is 18.2 Å². The number of hydrogen-bond acceptors (Lipinski definition) is 5. The van der Waals surface area contributed by atoms with Crippen LogP contribution in [-0.4, -0.2) is 11.7 Å². The Hall–Kier alpha value is -3.92. The van der Waals surface area contributed by atoms with E-state index in [2.05, 4.69) is 18.3 Å². The molecule has 34 heavy (non-hydrogen) atoms. The smallest absolute Gasteiger partial charge is 0.245 e. The maximum atomic E-state index is 14.4. The summed E-state index contributed by atoms with van der Waals surface area (Å²) >= 11 is 0. The van der Waals surface area contributed by atoms with Crippen molar-refractivity contribution in [1.82, 2.24) is 0 Å². The molecule has 1 aliphatic carbocycles. The summed E-state index contributed by atoms with van der Waals surface area (Å²) in [5.74, 6) is -1.29. The predicted molar refractivity (Wildman–Crippen MR) is 127 cm³/mol. The maximum absolute atomic E-state index is 14.4. The molecule has 2 heterocycles. The van der Waals surface area contributed by atoms with E-state index in [9.17, 15) is 19.2 Å². The van der Waals surface area contributed by atoms with Crippen LogP contribution in [0.15, 0.2) is 65.1 Å². The van der Waals surface area contributed by atoms with E-state index in [4.69, 9.17) is 5.73 Å². The minimum absolute atomic E-state index is 0.0688. The van der Waals surface area contributed by atoms with Gasteiger partial charge in [-0.25, -0.2) is 4.39 Å². The van der Waals surface area contributed by atoms with Crippen LogP contribution >= 0.6 is 0 Å². The molecular formula is C27H25FN4O2. The topological polar surface area (TPSA) is 99.2 Å². The normalized spacial score (nSPS) is 23.1. The van der Waals surface area contributed by atoms with Crippen LogP contribution in [0.1, 0.15) is 44.7 Å². The Kier molecular flexibility index (Phi) is 4.70. The fourth-order valence-electron chi connectivity index (χ4n) is 5.57. The second-order valence-electron chi connectivity index (χ2n) is 9.88. The summed E-state index contributed by atoms with van der Waals surface area (Å²) in [5, 5.41) is 13.1. The van der Waals surface area contributed by atoms with Gasteiger partial charge >= 0.3 is 0 Å². The summed E-state index contributed by atoms with van der Waals surface area (Å²) in [6.45, 7) is 6.03.